The van der Waals surface area contributed by atoms with E-state index in [1.54, 1.807) is 0 Å². The summed E-state index contributed by atoms with van der Waals surface area (Å²) in [7, 11) is 5.55. The third-order valence-corrected chi connectivity index (χ3v) is 10.8. The first kappa shape index (κ1) is 27.1. The molecule has 0 aliphatic heterocycles. The van der Waals surface area contributed by atoms with Crippen molar-refractivity contribution in [2.24, 2.45) is 46.3 Å². The van der Waals surface area contributed by atoms with Crippen LogP contribution in [-0.2, 0) is 19.0 Å². The molecule has 4 aliphatic rings. The van der Waals surface area contributed by atoms with Crippen molar-refractivity contribution < 1.29 is 19.0 Å². The summed E-state index contributed by atoms with van der Waals surface area (Å²) in [5.74, 6) is 3.76. The molecule has 0 bridgehead atoms. The molecule has 0 aromatic rings. The lowest BCUT2D eigenvalue weighted by Crippen LogP contribution is -2.42. The smallest absolute Gasteiger partial charge is 0.123 e. The third-order valence-electron chi connectivity index (χ3n) is 10.8. The number of carbonyl (C=O) groups excluding carboxylic acids is 1. The predicted octanol–water partition coefficient (Wildman–Crippen LogP) is 6.55. The van der Waals surface area contributed by atoms with Crippen molar-refractivity contribution in [3.8, 4) is 0 Å². The van der Waals surface area contributed by atoms with E-state index in [9.17, 15) is 4.79 Å². The van der Waals surface area contributed by atoms with Gasteiger partial charge >= 0.3 is 0 Å². The Morgan fingerprint density at radius 2 is 1.27 bits per heavy atom. The molecular weight excluding hydrogens is 412 g/mol. The standard InChI is InChI=1S/C15H28O2.C14H24O2/c1-11(10-16-3)12-7-8-13-14(17-4)6-5-9-15(12,13)2;1-10(9-15)11-6-7-12-13(16-3)5-4-8-14(11,12)2/h11-14H,5-10H2,1-4H3;9-13H,4-8H2,1-3H3/t11-,12?,13?,14?,15?;10-,11?,12?,13?,14?/m00/s1. The highest BCUT2D eigenvalue weighted by Crippen LogP contribution is 2.59. The molecule has 0 radical (unpaired) electrons. The van der Waals surface area contributed by atoms with Crippen LogP contribution in [0.2, 0.25) is 0 Å². The molecule has 4 rings (SSSR count). The number of fused-ring (bicyclic) bond motifs is 2. The Bertz CT molecular complexity index is 623. The molecule has 4 fully saturated rings. The first-order valence-corrected chi connectivity index (χ1v) is 13.8. The second-order valence-corrected chi connectivity index (χ2v) is 12.4. The molecule has 4 nitrogen and oxygen atoms in total. The molecule has 192 valence electrons. The third kappa shape index (κ3) is 5.23. The number of hydrogen-bond acceptors (Lipinski definition) is 4. The summed E-state index contributed by atoms with van der Waals surface area (Å²) >= 11 is 0. The molecule has 0 N–H and O–H groups in total. The summed E-state index contributed by atoms with van der Waals surface area (Å²) in [6.45, 7) is 10.2. The van der Waals surface area contributed by atoms with E-state index in [0.717, 1.165) is 24.7 Å². The summed E-state index contributed by atoms with van der Waals surface area (Å²) in [6.07, 6.45) is 15.0. The van der Waals surface area contributed by atoms with Crippen LogP contribution in [0, 0.1) is 46.3 Å². The van der Waals surface area contributed by atoms with E-state index >= 15 is 0 Å². The van der Waals surface area contributed by atoms with E-state index < -0.39 is 0 Å². The number of ether oxygens (including phenoxy) is 3. The van der Waals surface area contributed by atoms with Gasteiger partial charge < -0.3 is 19.0 Å². The highest BCUT2D eigenvalue weighted by atomic mass is 16.5. The van der Waals surface area contributed by atoms with Gasteiger partial charge in [-0.1, -0.05) is 40.5 Å². The van der Waals surface area contributed by atoms with Crippen LogP contribution in [0.1, 0.15) is 91.9 Å². The average Bonchev–Trinajstić information content (AvgIpc) is 3.35. The second kappa shape index (κ2) is 11.5. The molecule has 0 spiro atoms. The number of aldehydes is 1. The molecule has 10 atom stereocenters. The van der Waals surface area contributed by atoms with Gasteiger partial charge in [0.2, 0.25) is 0 Å². The Labute approximate surface area is 203 Å². The van der Waals surface area contributed by atoms with Crippen LogP contribution in [0.15, 0.2) is 0 Å². The van der Waals surface area contributed by atoms with Gasteiger partial charge in [-0.25, -0.2) is 0 Å². The lowest BCUT2D eigenvalue weighted by Gasteiger charge is -2.46. The molecule has 0 amide bonds. The number of rotatable bonds is 7. The highest BCUT2D eigenvalue weighted by molar-refractivity contribution is 5.53. The van der Waals surface area contributed by atoms with Gasteiger partial charge in [0.1, 0.15) is 6.29 Å². The van der Waals surface area contributed by atoms with Crippen LogP contribution < -0.4 is 0 Å². The fourth-order valence-corrected chi connectivity index (χ4v) is 9.16. The van der Waals surface area contributed by atoms with Crippen molar-refractivity contribution in [3.63, 3.8) is 0 Å². The SMILES string of the molecule is COC1CCCC2(C)C1CCC2[C@@H](C)C=O.COC[C@H](C)C1CCC2C(OC)CCCC21C. The molecule has 4 heteroatoms. The van der Waals surface area contributed by atoms with Gasteiger partial charge in [-0.3, -0.25) is 0 Å². The largest absolute Gasteiger partial charge is 0.384 e. The van der Waals surface area contributed by atoms with Crippen LogP contribution in [0.3, 0.4) is 0 Å². The summed E-state index contributed by atoms with van der Waals surface area (Å²) in [6, 6.07) is 0. The number of methoxy groups -OCH3 is 3. The lowest BCUT2D eigenvalue weighted by molar-refractivity contribution is -0.115. The monoisotopic (exact) mass is 464 g/mol. The van der Waals surface area contributed by atoms with Crippen molar-refractivity contribution in [2.45, 2.75) is 104 Å². The van der Waals surface area contributed by atoms with Gasteiger partial charge in [0.05, 0.1) is 12.2 Å². The van der Waals surface area contributed by atoms with E-state index in [1.807, 2.05) is 21.3 Å². The molecule has 4 aliphatic carbocycles. The van der Waals surface area contributed by atoms with Gasteiger partial charge in [0.15, 0.2) is 0 Å². The fraction of sp³-hybridized carbons (Fsp3) is 0.966. The Balaban J connectivity index is 0.000000186. The maximum atomic E-state index is 11.0. The molecule has 8 unspecified atom stereocenters. The minimum Gasteiger partial charge on any atom is -0.384 e. The van der Waals surface area contributed by atoms with Crippen LogP contribution in [-0.4, -0.2) is 46.4 Å². The Morgan fingerprint density at radius 3 is 1.73 bits per heavy atom. The Hall–Kier alpha value is -0.450. The Morgan fingerprint density at radius 1 is 0.788 bits per heavy atom. The van der Waals surface area contributed by atoms with Gasteiger partial charge in [0, 0.05) is 33.9 Å². The second-order valence-electron chi connectivity index (χ2n) is 12.4. The van der Waals surface area contributed by atoms with E-state index in [-0.39, 0.29) is 5.92 Å². The average molecular weight is 465 g/mol. The van der Waals surface area contributed by atoms with E-state index in [0.29, 0.717) is 40.8 Å². The maximum Gasteiger partial charge on any atom is 0.123 e. The van der Waals surface area contributed by atoms with Crippen molar-refractivity contribution in [1.82, 2.24) is 0 Å². The number of carbonyl (C=O) groups is 1. The van der Waals surface area contributed by atoms with Crippen molar-refractivity contribution >= 4 is 6.29 Å². The zero-order valence-corrected chi connectivity index (χ0v) is 22.6. The topological polar surface area (TPSA) is 44.8 Å². The maximum absolute atomic E-state index is 11.0. The summed E-state index contributed by atoms with van der Waals surface area (Å²) in [4.78, 5) is 11.0. The predicted molar refractivity (Wildman–Crippen MR) is 134 cm³/mol. The first-order chi connectivity index (χ1) is 15.8. The van der Waals surface area contributed by atoms with E-state index in [4.69, 9.17) is 14.2 Å². The molecular formula is C29H52O4. The van der Waals surface area contributed by atoms with Crippen molar-refractivity contribution in [1.29, 1.82) is 0 Å². The van der Waals surface area contributed by atoms with Gasteiger partial charge in [-0.05, 0) is 91.8 Å². The molecule has 33 heavy (non-hydrogen) atoms. The summed E-state index contributed by atoms with van der Waals surface area (Å²) < 4.78 is 16.7. The zero-order valence-electron chi connectivity index (χ0n) is 22.6. The molecule has 0 aromatic heterocycles. The van der Waals surface area contributed by atoms with Gasteiger partial charge in [-0.15, -0.1) is 0 Å². The lowest BCUT2D eigenvalue weighted by atomic mass is 9.62. The van der Waals surface area contributed by atoms with Crippen LogP contribution in [0.25, 0.3) is 0 Å². The molecule has 0 saturated heterocycles. The van der Waals surface area contributed by atoms with Crippen molar-refractivity contribution in [3.05, 3.63) is 0 Å². The quantitative estimate of drug-likeness (QED) is 0.401. The van der Waals surface area contributed by atoms with Crippen LogP contribution in [0.5, 0.6) is 0 Å². The molecule has 0 aromatic carbocycles. The Kier molecular flexibility index (Phi) is 9.48. The zero-order chi connectivity index (χ0) is 24.2. The van der Waals surface area contributed by atoms with Crippen LogP contribution in [0.4, 0.5) is 0 Å². The first-order valence-electron chi connectivity index (χ1n) is 13.8. The molecule has 4 saturated carbocycles. The number of hydrogen-bond donors (Lipinski definition) is 0. The fourth-order valence-electron chi connectivity index (χ4n) is 9.16. The minimum absolute atomic E-state index is 0.214. The van der Waals surface area contributed by atoms with E-state index in [2.05, 4.69) is 27.7 Å². The normalized spacial score (nSPS) is 44.2. The van der Waals surface area contributed by atoms with Crippen molar-refractivity contribution in [2.75, 3.05) is 27.9 Å². The van der Waals surface area contributed by atoms with Gasteiger partial charge in [0.25, 0.3) is 0 Å². The molecule has 0 heterocycles. The minimum atomic E-state index is 0.214. The van der Waals surface area contributed by atoms with E-state index in [1.165, 1.54) is 64.2 Å². The summed E-state index contributed by atoms with van der Waals surface area (Å²) in [5, 5.41) is 0. The van der Waals surface area contributed by atoms with Crippen LogP contribution >= 0.6 is 0 Å². The highest BCUT2D eigenvalue weighted by Gasteiger charge is 2.53. The van der Waals surface area contributed by atoms with Gasteiger partial charge in [-0.2, -0.15) is 0 Å². The summed E-state index contributed by atoms with van der Waals surface area (Å²) in [5.41, 5.74) is 0.843.